The van der Waals surface area contributed by atoms with E-state index in [0.29, 0.717) is 13.0 Å². The van der Waals surface area contributed by atoms with E-state index in [1.165, 1.54) is 24.8 Å². The maximum atomic E-state index is 13.0. The summed E-state index contributed by atoms with van der Waals surface area (Å²) in [5.74, 6) is 2.67. The molecule has 4 fully saturated rings. The third kappa shape index (κ3) is 2.65. The standard InChI is InChI=1S/C22H28N2O2/c25-20(24-8-6-18-3-1-2-4-19(18)24)5-7-23-21(26)22-12-15-9-16(13-22)11-17(10-15)14-22/h1-4,15-17H,5-14H2,(H,23,26). The van der Waals surface area contributed by atoms with Gasteiger partial charge in [0, 0.05) is 30.6 Å². The van der Waals surface area contributed by atoms with Crippen LogP contribution in [0, 0.1) is 23.2 Å². The number of fused-ring (bicyclic) bond motifs is 1. The highest BCUT2D eigenvalue weighted by atomic mass is 16.2. The van der Waals surface area contributed by atoms with Crippen molar-refractivity contribution in [2.24, 2.45) is 23.2 Å². The van der Waals surface area contributed by atoms with Crippen LogP contribution in [0.15, 0.2) is 24.3 Å². The average Bonchev–Trinajstić information content (AvgIpc) is 3.04. The minimum absolute atomic E-state index is 0.113. The van der Waals surface area contributed by atoms with Crippen molar-refractivity contribution in [1.29, 1.82) is 0 Å². The zero-order valence-electron chi connectivity index (χ0n) is 15.4. The van der Waals surface area contributed by atoms with Gasteiger partial charge in [-0.2, -0.15) is 0 Å². The average molecular weight is 352 g/mol. The Morgan fingerprint density at radius 2 is 1.69 bits per heavy atom. The van der Waals surface area contributed by atoms with Crippen LogP contribution in [0.4, 0.5) is 5.69 Å². The van der Waals surface area contributed by atoms with E-state index < -0.39 is 0 Å². The number of nitrogens with zero attached hydrogens (tertiary/aromatic N) is 1. The highest BCUT2D eigenvalue weighted by molar-refractivity contribution is 5.95. The molecule has 0 radical (unpaired) electrons. The van der Waals surface area contributed by atoms with Gasteiger partial charge < -0.3 is 10.2 Å². The molecule has 5 aliphatic rings. The summed E-state index contributed by atoms with van der Waals surface area (Å²) in [5.41, 5.74) is 2.18. The molecule has 0 aromatic heterocycles. The van der Waals surface area contributed by atoms with Gasteiger partial charge in [0.25, 0.3) is 0 Å². The molecule has 1 aliphatic heterocycles. The molecule has 6 rings (SSSR count). The normalized spacial score (nSPS) is 34.0. The first kappa shape index (κ1) is 16.3. The van der Waals surface area contributed by atoms with E-state index in [4.69, 9.17) is 0 Å². The van der Waals surface area contributed by atoms with Crippen molar-refractivity contribution in [3.63, 3.8) is 0 Å². The molecular weight excluding hydrogens is 324 g/mol. The van der Waals surface area contributed by atoms with Gasteiger partial charge in [-0.3, -0.25) is 9.59 Å². The fourth-order valence-corrected chi connectivity index (χ4v) is 6.59. The molecule has 0 unspecified atom stereocenters. The second kappa shape index (κ2) is 6.11. The van der Waals surface area contributed by atoms with Gasteiger partial charge in [-0.1, -0.05) is 18.2 Å². The largest absolute Gasteiger partial charge is 0.355 e. The third-order valence-electron chi connectivity index (χ3n) is 7.33. The Hall–Kier alpha value is -1.84. The molecule has 0 saturated heterocycles. The molecule has 1 heterocycles. The van der Waals surface area contributed by atoms with Crippen molar-refractivity contribution >= 4 is 17.5 Å². The molecule has 2 amide bonds. The fourth-order valence-electron chi connectivity index (χ4n) is 6.59. The van der Waals surface area contributed by atoms with Crippen molar-refractivity contribution in [3.8, 4) is 0 Å². The minimum atomic E-state index is -0.113. The summed E-state index contributed by atoms with van der Waals surface area (Å²) in [7, 11) is 0. The Labute approximate surface area is 155 Å². The maximum Gasteiger partial charge on any atom is 0.228 e. The van der Waals surface area contributed by atoms with Crippen LogP contribution >= 0.6 is 0 Å². The Bertz CT molecular complexity index is 706. The van der Waals surface area contributed by atoms with Gasteiger partial charge in [0.1, 0.15) is 0 Å². The van der Waals surface area contributed by atoms with E-state index in [2.05, 4.69) is 11.4 Å². The molecule has 0 atom stereocenters. The molecule has 4 saturated carbocycles. The van der Waals surface area contributed by atoms with Gasteiger partial charge in [-0.05, 0) is 74.3 Å². The van der Waals surface area contributed by atoms with Gasteiger partial charge >= 0.3 is 0 Å². The molecule has 4 nitrogen and oxygen atoms in total. The number of amides is 2. The van der Waals surface area contributed by atoms with Gasteiger partial charge in [0.05, 0.1) is 0 Å². The molecule has 1 aromatic rings. The Morgan fingerprint density at radius 1 is 1.04 bits per heavy atom. The van der Waals surface area contributed by atoms with E-state index in [9.17, 15) is 9.59 Å². The topological polar surface area (TPSA) is 49.4 Å². The van der Waals surface area contributed by atoms with Crippen LogP contribution in [0.1, 0.15) is 50.5 Å². The maximum absolute atomic E-state index is 13.0. The predicted molar refractivity (Wildman–Crippen MR) is 101 cm³/mol. The summed E-state index contributed by atoms with van der Waals surface area (Å²) in [4.78, 5) is 27.5. The monoisotopic (exact) mass is 352 g/mol. The predicted octanol–water partition coefficient (Wildman–Crippen LogP) is 3.30. The Morgan fingerprint density at radius 3 is 2.38 bits per heavy atom. The van der Waals surface area contributed by atoms with Crippen molar-refractivity contribution in [3.05, 3.63) is 29.8 Å². The molecule has 1 N–H and O–H groups in total. The minimum Gasteiger partial charge on any atom is -0.355 e. The molecule has 4 aliphatic carbocycles. The number of hydrogen-bond acceptors (Lipinski definition) is 2. The number of rotatable bonds is 4. The second-order valence-corrected chi connectivity index (χ2v) is 9.13. The first-order valence-corrected chi connectivity index (χ1v) is 10.3. The van der Waals surface area contributed by atoms with Crippen LogP contribution < -0.4 is 10.2 Å². The SMILES string of the molecule is O=C(CCNC(=O)C12CC3CC(CC(C3)C1)C2)N1CCc2ccccc21. The Kier molecular flexibility index (Phi) is 3.84. The molecule has 0 spiro atoms. The first-order chi connectivity index (χ1) is 12.6. The van der Waals surface area contributed by atoms with Crippen LogP contribution in [0.2, 0.25) is 0 Å². The lowest BCUT2D eigenvalue weighted by molar-refractivity contribution is -0.146. The van der Waals surface area contributed by atoms with Crippen molar-refractivity contribution in [2.45, 2.75) is 51.4 Å². The van der Waals surface area contributed by atoms with E-state index in [0.717, 1.165) is 55.7 Å². The highest BCUT2D eigenvalue weighted by Gasteiger charge is 2.54. The molecular formula is C22H28N2O2. The summed E-state index contributed by atoms with van der Waals surface area (Å²) in [6.45, 7) is 1.24. The van der Waals surface area contributed by atoms with Crippen LogP contribution in [0.5, 0.6) is 0 Å². The smallest absolute Gasteiger partial charge is 0.228 e. The lowest BCUT2D eigenvalue weighted by Gasteiger charge is -2.55. The van der Waals surface area contributed by atoms with Crippen LogP contribution in [-0.4, -0.2) is 24.9 Å². The van der Waals surface area contributed by atoms with Gasteiger partial charge in [0.15, 0.2) is 0 Å². The first-order valence-electron chi connectivity index (χ1n) is 10.3. The number of para-hydroxylation sites is 1. The summed E-state index contributed by atoms with van der Waals surface area (Å²) < 4.78 is 0. The number of hydrogen-bond donors (Lipinski definition) is 1. The van der Waals surface area contributed by atoms with E-state index in [-0.39, 0.29) is 17.2 Å². The summed E-state index contributed by atoms with van der Waals surface area (Å²) in [6.07, 6.45) is 8.61. The lowest BCUT2D eigenvalue weighted by atomic mass is 9.49. The fraction of sp³-hybridized carbons (Fsp3) is 0.636. The molecule has 4 bridgehead atoms. The van der Waals surface area contributed by atoms with Crippen molar-refractivity contribution in [2.75, 3.05) is 18.0 Å². The van der Waals surface area contributed by atoms with Gasteiger partial charge in [-0.25, -0.2) is 0 Å². The number of benzene rings is 1. The van der Waals surface area contributed by atoms with Gasteiger partial charge in [0.2, 0.25) is 11.8 Å². The quantitative estimate of drug-likeness (QED) is 0.904. The number of anilines is 1. The van der Waals surface area contributed by atoms with E-state index in [1.807, 2.05) is 23.1 Å². The number of carbonyl (C=O) groups is 2. The van der Waals surface area contributed by atoms with Gasteiger partial charge in [-0.15, -0.1) is 0 Å². The van der Waals surface area contributed by atoms with Crippen molar-refractivity contribution < 1.29 is 9.59 Å². The highest BCUT2D eigenvalue weighted by Crippen LogP contribution is 2.60. The summed E-state index contributed by atoms with van der Waals surface area (Å²) >= 11 is 0. The number of nitrogens with one attached hydrogen (secondary N) is 1. The summed E-state index contributed by atoms with van der Waals surface area (Å²) in [6, 6.07) is 8.13. The summed E-state index contributed by atoms with van der Waals surface area (Å²) in [5, 5.41) is 3.13. The molecule has 138 valence electrons. The molecule has 4 heteroatoms. The van der Waals surface area contributed by atoms with Crippen LogP contribution in [0.25, 0.3) is 0 Å². The molecule has 26 heavy (non-hydrogen) atoms. The zero-order chi connectivity index (χ0) is 17.7. The lowest BCUT2D eigenvalue weighted by Crippen LogP contribution is -2.53. The molecule has 1 aromatic carbocycles. The van der Waals surface area contributed by atoms with E-state index in [1.54, 1.807) is 0 Å². The zero-order valence-corrected chi connectivity index (χ0v) is 15.4. The van der Waals surface area contributed by atoms with Crippen LogP contribution in [-0.2, 0) is 16.0 Å². The van der Waals surface area contributed by atoms with Crippen LogP contribution in [0.3, 0.4) is 0 Å². The second-order valence-electron chi connectivity index (χ2n) is 9.13. The number of carbonyl (C=O) groups excluding carboxylic acids is 2. The van der Waals surface area contributed by atoms with E-state index >= 15 is 0 Å². The van der Waals surface area contributed by atoms with Crippen molar-refractivity contribution in [1.82, 2.24) is 5.32 Å². The Balaban J connectivity index is 1.17. The third-order valence-corrected chi connectivity index (χ3v) is 7.33.